The lowest BCUT2D eigenvalue weighted by Crippen LogP contribution is -1.99. The number of hydrogen-bond donors (Lipinski definition) is 0. The largest absolute Gasteiger partial charge is 0.493 e. The van der Waals surface area contributed by atoms with Gasteiger partial charge in [0.25, 0.3) is 0 Å². The van der Waals surface area contributed by atoms with Gasteiger partial charge in [0.1, 0.15) is 5.75 Å². The highest BCUT2D eigenvalue weighted by Crippen LogP contribution is 2.30. The Morgan fingerprint density at radius 2 is 1.71 bits per heavy atom. The van der Waals surface area contributed by atoms with E-state index in [1.165, 1.54) is 0 Å². The van der Waals surface area contributed by atoms with Crippen LogP contribution in [0.3, 0.4) is 0 Å². The molecular formula is C10H14O4. The first kappa shape index (κ1) is 10.7. The molecule has 0 bridgehead atoms. The van der Waals surface area contributed by atoms with E-state index >= 15 is 0 Å². The first-order valence-electron chi connectivity index (χ1n) is 4.15. The van der Waals surface area contributed by atoms with E-state index < -0.39 is 0 Å². The third-order valence-corrected chi connectivity index (χ3v) is 1.70. The quantitative estimate of drug-likeness (QED) is 0.674. The SMILES string of the molecule is COCOc1ccc(OC)c(OC)c1. The smallest absolute Gasteiger partial charge is 0.188 e. The number of benzene rings is 1. The molecule has 0 amide bonds. The molecule has 0 aliphatic carbocycles. The minimum absolute atomic E-state index is 0.218. The van der Waals surface area contributed by atoms with E-state index in [1.54, 1.807) is 39.5 Å². The number of rotatable bonds is 5. The summed E-state index contributed by atoms with van der Waals surface area (Å²) in [6.07, 6.45) is 0. The van der Waals surface area contributed by atoms with Crippen molar-refractivity contribution in [1.29, 1.82) is 0 Å². The van der Waals surface area contributed by atoms with Crippen LogP contribution in [-0.2, 0) is 4.74 Å². The number of methoxy groups -OCH3 is 3. The van der Waals surface area contributed by atoms with Gasteiger partial charge in [0.2, 0.25) is 0 Å². The van der Waals surface area contributed by atoms with Crippen LogP contribution in [0.2, 0.25) is 0 Å². The maximum absolute atomic E-state index is 5.24. The number of ether oxygens (including phenoxy) is 4. The topological polar surface area (TPSA) is 36.9 Å². The van der Waals surface area contributed by atoms with Crippen LogP contribution < -0.4 is 14.2 Å². The van der Waals surface area contributed by atoms with Gasteiger partial charge in [0.05, 0.1) is 14.2 Å². The molecule has 0 aromatic heterocycles. The lowest BCUT2D eigenvalue weighted by Gasteiger charge is -2.09. The Bertz CT molecular complexity index is 285. The maximum atomic E-state index is 5.24. The minimum Gasteiger partial charge on any atom is -0.493 e. The molecule has 0 spiro atoms. The lowest BCUT2D eigenvalue weighted by molar-refractivity contribution is 0.0509. The van der Waals surface area contributed by atoms with Gasteiger partial charge in [-0.05, 0) is 12.1 Å². The molecule has 78 valence electrons. The normalized spacial score (nSPS) is 9.64. The molecule has 0 heterocycles. The molecule has 1 aromatic rings. The Morgan fingerprint density at radius 1 is 1.00 bits per heavy atom. The van der Waals surface area contributed by atoms with Crippen LogP contribution in [0.1, 0.15) is 0 Å². The maximum Gasteiger partial charge on any atom is 0.188 e. The monoisotopic (exact) mass is 198 g/mol. The van der Waals surface area contributed by atoms with E-state index in [0.29, 0.717) is 17.2 Å². The van der Waals surface area contributed by atoms with Crippen molar-refractivity contribution in [2.45, 2.75) is 0 Å². The third kappa shape index (κ3) is 2.53. The van der Waals surface area contributed by atoms with E-state index in [1.807, 2.05) is 0 Å². The van der Waals surface area contributed by atoms with Gasteiger partial charge < -0.3 is 18.9 Å². The van der Waals surface area contributed by atoms with Crippen molar-refractivity contribution in [3.05, 3.63) is 18.2 Å². The first-order chi connectivity index (χ1) is 6.81. The highest BCUT2D eigenvalue weighted by molar-refractivity contribution is 5.45. The fourth-order valence-corrected chi connectivity index (χ4v) is 1.03. The molecule has 1 rings (SSSR count). The summed E-state index contributed by atoms with van der Waals surface area (Å²) in [5.41, 5.74) is 0. The van der Waals surface area contributed by atoms with E-state index in [-0.39, 0.29) is 6.79 Å². The molecule has 4 nitrogen and oxygen atoms in total. The van der Waals surface area contributed by atoms with Crippen LogP contribution >= 0.6 is 0 Å². The van der Waals surface area contributed by atoms with Crippen molar-refractivity contribution < 1.29 is 18.9 Å². The zero-order chi connectivity index (χ0) is 10.4. The minimum atomic E-state index is 0.218. The number of hydrogen-bond acceptors (Lipinski definition) is 4. The summed E-state index contributed by atoms with van der Waals surface area (Å²) in [6.45, 7) is 0.218. The Morgan fingerprint density at radius 3 is 2.29 bits per heavy atom. The second-order valence-electron chi connectivity index (χ2n) is 2.57. The average Bonchev–Trinajstić information content (AvgIpc) is 2.25. The summed E-state index contributed by atoms with van der Waals surface area (Å²) in [5, 5.41) is 0. The predicted octanol–water partition coefficient (Wildman–Crippen LogP) is 1.69. The molecule has 0 aliphatic rings. The molecule has 4 heteroatoms. The fourth-order valence-electron chi connectivity index (χ4n) is 1.03. The molecule has 0 fully saturated rings. The van der Waals surface area contributed by atoms with Crippen molar-refractivity contribution in [2.75, 3.05) is 28.1 Å². The fraction of sp³-hybridized carbons (Fsp3) is 0.400. The molecular weight excluding hydrogens is 184 g/mol. The van der Waals surface area contributed by atoms with Crippen molar-refractivity contribution in [1.82, 2.24) is 0 Å². The Balaban J connectivity index is 2.79. The zero-order valence-electron chi connectivity index (χ0n) is 8.57. The molecule has 0 aliphatic heterocycles. The standard InChI is InChI=1S/C10H14O4/c1-11-7-14-8-4-5-9(12-2)10(6-8)13-3/h4-6H,7H2,1-3H3. The van der Waals surface area contributed by atoms with Crippen LogP contribution in [0.5, 0.6) is 17.2 Å². The molecule has 0 atom stereocenters. The highest BCUT2D eigenvalue weighted by atomic mass is 16.7. The van der Waals surface area contributed by atoms with Crippen LogP contribution in [0.15, 0.2) is 18.2 Å². The van der Waals surface area contributed by atoms with E-state index in [0.717, 1.165) is 0 Å². The lowest BCUT2D eigenvalue weighted by atomic mass is 10.3. The molecule has 0 saturated heterocycles. The van der Waals surface area contributed by atoms with Crippen LogP contribution in [0.25, 0.3) is 0 Å². The first-order valence-corrected chi connectivity index (χ1v) is 4.15. The molecule has 0 saturated carbocycles. The van der Waals surface area contributed by atoms with Gasteiger partial charge in [-0.15, -0.1) is 0 Å². The van der Waals surface area contributed by atoms with Crippen molar-refractivity contribution in [2.24, 2.45) is 0 Å². The Kier molecular flexibility index (Phi) is 4.07. The summed E-state index contributed by atoms with van der Waals surface area (Å²) in [4.78, 5) is 0. The Labute approximate surface area is 83.3 Å². The van der Waals surface area contributed by atoms with E-state index in [9.17, 15) is 0 Å². The summed E-state index contributed by atoms with van der Waals surface area (Å²) >= 11 is 0. The second-order valence-corrected chi connectivity index (χ2v) is 2.57. The predicted molar refractivity (Wildman–Crippen MR) is 52.1 cm³/mol. The van der Waals surface area contributed by atoms with Crippen molar-refractivity contribution >= 4 is 0 Å². The van der Waals surface area contributed by atoms with Gasteiger partial charge in [0, 0.05) is 13.2 Å². The van der Waals surface area contributed by atoms with Crippen LogP contribution in [0.4, 0.5) is 0 Å². The van der Waals surface area contributed by atoms with Gasteiger partial charge in [-0.2, -0.15) is 0 Å². The van der Waals surface area contributed by atoms with Gasteiger partial charge in [-0.1, -0.05) is 0 Å². The highest BCUT2D eigenvalue weighted by Gasteiger charge is 2.04. The second kappa shape index (κ2) is 5.34. The summed E-state index contributed by atoms with van der Waals surface area (Å²) in [7, 11) is 4.74. The Hall–Kier alpha value is -1.42. The van der Waals surface area contributed by atoms with Crippen LogP contribution in [0, 0.1) is 0 Å². The zero-order valence-corrected chi connectivity index (χ0v) is 8.57. The van der Waals surface area contributed by atoms with Gasteiger partial charge >= 0.3 is 0 Å². The molecule has 14 heavy (non-hydrogen) atoms. The average molecular weight is 198 g/mol. The van der Waals surface area contributed by atoms with Gasteiger partial charge in [-0.3, -0.25) is 0 Å². The third-order valence-electron chi connectivity index (χ3n) is 1.70. The van der Waals surface area contributed by atoms with Crippen LogP contribution in [-0.4, -0.2) is 28.1 Å². The molecule has 0 unspecified atom stereocenters. The van der Waals surface area contributed by atoms with Crippen molar-refractivity contribution in [3.63, 3.8) is 0 Å². The van der Waals surface area contributed by atoms with E-state index in [2.05, 4.69) is 0 Å². The van der Waals surface area contributed by atoms with Crippen molar-refractivity contribution in [3.8, 4) is 17.2 Å². The molecule has 0 N–H and O–H groups in total. The summed E-state index contributed by atoms with van der Waals surface area (Å²) in [6, 6.07) is 5.32. The summed E-state index contributed by atoms with van der Waals surface area (Å²) in [5.74, 6) is 2.00. The van der Waals surface area contributed by atoms with Gasteiger partial charge in [0.15, 0.2) is 18.3 Å². The molecule has 1 aromatic carbocycles. The molecule has 0 radical (unpaired) electrons. The summed E-state index contributed by atoms with van der Waals surface area (Å²) < 4.78 is 20.2. The van der Waals surface area contributed by atoms with E-state index in [4.69, 9.17) is 18.9 Å². The van der Waals surface area contributed by atoms with Gasteiger partial charge in [-0.25, -0.2) is 0 Å².